The van der Waals surface area contributed by atoms with Crippen molar-refractivity contribution in [1.29, 1.82) is 0 Å². The molecule has 7 heteroatoms. The van der Waals surface area contributed by atoms with Crippen molar-refractivity contribution in [1.82, 2.24) is 10.6 Å². The van der Waals surface area contributed by atoms with E-state index in [1.54, 1.807) is 39.0 Å². The number of carbonyl (C=O) groups is 3. The van der Waals surface area contributed by atoms with Gasteiger partial charge in [-0.15, -0.1) is 0 Å². The Morgan fingerprint density at radius 2 is 1.66 bits per heavy atom. The molecule has 2 aromatic carbocycles. The first kappa shape index (κ1) is 21.9. The fraction of sp³-hybridized carbons (Fsp3) is 0.318. The molecule has 0 aliphatic rings. The van der Waals surface area contributed by atoms with E-state index in [0.717, 1.165) is 11.1 Å². The quantitative estimate of drug-likeness (QED) is 0.696. The lowest BCUT2D eigenvalue weighted by Crippen LogP contribution is -2.37. The molecule has 0 aromatic heterocycles. The molecule has 0 saturated heterocycles. The molecule has 0 heterocycles. The molecule has 0 radical (unpaired) electrons. The summed E-state index contributed by atoms with van der Waals surface area (Å²) in [5.41, 5.74) is 2.52. The molecule has 0 unspecified atom stereocenters. The van der Waals surface area contributed by atoms with Crippen molar-refractivity contribution in [2.24, 2.45) is 0 Å². The average Bonchev–Trinajstić information content (AvgIpc) is 2.64. The van der Waals surface area contributed by atoms with Gasteiger partial charge in [0.2, 0.25) is 5.91 Å². The summed E-state index contributed by atoms with van der Waals surface area (Å²) in [5, 5.41) is 7.96. The summed E-state index contributed by atoms with van der Waals surface area (Å²) >= 11 is 0. The van der Waals surface area contributed by atoms with Gasteiger partial charge in [0.1, 0.15) is 12.1 Å². The number of anilines is 1. The van der Waals surface area contributed by atoms with Crippen LogP contribution in [0.2, 0.25) is 0 Å². The molecular formula is C22H27N3O4. The predicted octanol–water partition coefficient (Wildman–Crippen LogP) is 3.39. The maximum Gasteiger partial charge on any atom is 0.408 e. The SMILES string of the molecule is Cc1cccc(C(=O)NCc2ccc(NC(=O)CNC(=O)OC(C)(C)C)cc2)c1. The smallest absolute Gasteiger partial charge is 0.408 e. The number of hydrogen-bond donors (Lipinski definition) is 3. The van der Waals surface area contributed by atoms with Gasteiger partial charge in [0, 0.05) is 17.8 Å². The molecular weight excluding hydrogens is 370 g/mol. The average molecular weight is 397 g/mol. The molecule has 3 N–H and O–H groups in total. The maximum absolute atomic E-state index is 12.2. The number of benzene rings is 2. The highest BCUT2D eigenvalue weighted by atomic mass is 16.6. The number of alkyl carbamates (subject to hydrolysis) is 1. The van der Waals surface area contributed by atoms with Crippen molar-refractivity contribution in [3.63, 3.8) is 0 Å². The van der Waals surface area contributed by atoms with Gasteiger partial charge in [-0.1, -0.05) is 29.8 Å². The van der Waals surface area contributed by atoms with E-state index in [1.165, 1.54) is 0 Å². The van der Waals surface area contributed by atoms with Crippen LogP contribution in [0.25, 0.3) is 0 Å². The van der Waals surface area contributed by atoms with Gasteiger partial charge in [0.25, 0.3) is 5.91 Å². The summed E-state index contributed by atoms with van der Waals surface area (Å²) < 4.78 is 5.07. The Hall–Kier alpha value is -3.35. The largest absolute Gasteiger partial charge is 0.444 e. The molecule has 0 aliphatic carbocycles. The zero-order valence-electron chi connectivity index (χ0n) is 17.2. The van der Waals surface area contributed by atoms with Crippen molar-refractivity contribution in [3.8, 4) is 0 Å². The Morgan fingerprint density at radius 3 is 2.28 bits per heavy atom. The lowest BCUT2D eigenvalue weighted by Gasteiger charge is -2.19. The van der Waals surface area contributed by atoms with E-state index < -0.39 is 11.7 Å². The highest BCUT2D eigenvalue weighted by Crippen LogP contribution is 2.10. The van der Waals surface area contributed by atoms with Gasteiger partial charge in [0.05, 0.1) is 0 Å². The third kappa shape index (κ3) is 8.04. The second-order valence-corrected chi connectivity index (χ2v) is 7.65. The number of amides is 3. The summed E-state index contributed by atoms with van der Waals surface area (Å²) in [6.07, 6.45) is -0.646. The monoisotopic (exact) mass is 397 g/mol. The van der Waals surface area contributed by atoms with Gasteiger partial charge in [-0.05, 0) is 57.5 Å². The Labute approximate surface area is 170 Å². The number of ether oxygens (including phenoxy) is 1. The van der Waals surface area contributed by atoms with Crippen LogP contribution < -0.4 is 16.0 Å². The van der Waals surface area contributed by atoms with Gasteiger partial charge < -0.3 is 20.7 Å². The zero-order chi connectivity index (χ0) is 21.4. The fourth-order valence-corrected chi connectivity index (χ4v) is 2.45. The highest BCUT2D eigenvalue weighted by Gasteiger charge is 2.16. The molecule has 29 heavy (non-hydrogen) atoms. The van der Waals surface area contributed by atoms with Crippen molar-refractivity contribution < 1.29 is 19.1 Å². The van der Waals surface area contributed by atoms with Gasteiger partial charge in [-0.2, -0.15) is 0 Å². The second kappa shape index (κ2) is 9.73. The fourth-order valence-electron chi connectivity index (χ4n) is 2.45. The Balaban J connectivity index is 1.78. The van der Waals surface area contributed by atoms with E-state index >= 15 is 0 Å². The van der Waals surface area contributed by atoms with E-state index in [9.17, 15) is 14.4 Å². The second-order valence-electron chi connectivity index (χ2n) is 7.65. The molecule has 0 aliphatic heterocycles. The predicted molar refractivity (Wildman–Crippen MR) is 112 cm³/mol. The van der Waals surface area contributed by atoms with Gasteiger partial charge in [-0.3, -0.25) is 9.59 Å². The third-order valence-corrected chi connectivity index (χ3v) is 3.76. The first-order valence-electron chi connectivity index (χ1n) is 9.33. The highest BCUT2D eigenvalue weighted by molar-refractivity contribution is 5.94. The summed E-state index contributed by atoms with van der Waals surface area (Å²) in [6, 6.07) is 14.5. The Morgan fingerprint density at radius 1 is 0.966 bits per heavy atom. The van der Waals surface area contributed by atoms with Crippen molar-refractivity contribution >= 4 is 23.6 Å². The van der Waals surface area contributed by atoms with Gasteiger partial charge in [-0.25, -0.2) is 4.79 Å². The van der Waals surface area contributed by atoms with E-state index in [0.29, 0.717) is 17.8 Å². The maximum atomic E-state index is 12.2. The first-order valence-corrected chi connectivity index (χ1v) is 9.33. The molecule has 2 rings (SSSR count). The van der Waals surface area contributed by atoms with Crippen LogP contribution in [-0.4, -0.2) is 30.1 Å². The Kier molecular flexibility index (Phi) is 7.36. The van der Waals surface area contributed by atoms with Crippen LogP contribution in [0.4, 0.5) is 10.5 Å². The zero-order valence-corrected chi connectivity index (χ0v) is 17.2. The Bertz CT molecular complexity index is 870. The normalized spacial score (nSPS) is 10.8. The minimum Gasteiger partial charge on any atom is -0.444 e. The number of aryl methyl sites for hydroxylation is 1. The van der Waals surface area contributed by atoms with E-state index in [4.69, 9.17) is 4.74 Å². The molecule has 154 valence electrons. The van der Waals surface area contributed by atoms with E-state index in [-0.39, 0.29) is 18.4 Å². The van der Waals surface area contributed by atoms with Crippen LogP contribution in [-0.2, 0) is 16.1 Å². The van der Waals surface area contributed by atoms with Gasteiger partial charge in [0.15, 0.2) is 0 Å². The molecule has 0 spiro atoms. The van der Waals surface area contributed by atoms with Crippen molar-refractivity contribution in [3.05, 3.63) is 65.2 Å². The van der Waals surface area contributed by atoms with Crippen LogP contribution in [0.15, 0.2) is 48.5 Å². The number of carbonyl (C=O) groups excluding carboxylic acids is 3. The first-order chi connectivity index (χ1) is 13.6. The van der Waals surface area contributed by atoms with Crippen LogP contribution in [0, 0.1) is 6.92 Å². The molecule has 7 nitrogen and oxygen atoms in total. The number of hydrogen-bond acceptors (Lipinski definition) is 4. The van der Waals surface area contributed by atoms with Gasteiger partial charge >= 0.3 is 6.09 Å². The number of rotatable bonds is 6. The molecule has 0 atom stereocenters. The minimum atomic E-state index is -0.646. The molecule has 0 fully saturated rings. The summed E-state index contributed by atoms with van der Waals surface area (Å²) in [7, 11) is 0. The van der Waals surface area contributed by atoms with E-state index in [2.05, 4.69) is 16.0 Å². The van der Waals surface area contributed by atoms with Crippen LogP contribution in [0.1, 0.15) is 42.3 Å². The summed E-state index contributed by atoms with van der Waals surface area (Å²) in [6.45, 7) is 7.36. The van der Waals surface area contributed by atoms with E-state index in [1.807, 2.05) is 37.3 Å². The topological polar surface area (TPSA) is 96.5 Å². The molecule has 0 saturated carbocycles. The van der Waals surface area contributed by atoms with Crippen molar-refractivity contribution in [2.75, 3.05) is 11.9 Å². The lowest BCUT2D eigenvalue weighted by atomic mass is 10.1. The third-order valence-electron chi connectivity index (χ3n) is 3.76. The van der Waals surface area contributed by atoms with Crippen LogP contribution in [0.3, 0.4) is 0 Å². The lowest BCUT2D eigenvalue weighted by molar-refractivity contribution is -0.115. The summed E-state index contributed by atoms with van der Waals surface area (Å²) in [5.74, 6) is -0.504. The summed E-state index contributed by atoms with van der Waals surface area (Å²) in [4.78, 5) is 35.7. The standard InChI is InChI=1S/C22H27N3O4/c1-15-6-5-7-17(12-15)20(27)23-13-16-8-10-18(11-9-16)25-19(26)14-24-21(28)29-22(2,3)4/h5-12H,13-14H2,1-4H3,(H,23,27)(H,24,28)(H,25,26). The van der Waals surface area contributed by atoms with Crippen molar-refractivity contribution in [2.45, 2.75) is 39.8 Å². The molecule has 2 aromatic rings. The minimum absolute atomic E-state index is 0.140. The van der Waals surface area contributed by atoms with Crippen LogP contribution in [0.5, 0.6) is 0 Å². The molecule has 3 amide bonds. The number of nitrogens with one attached hydrogen (secondary N) is 3. The van der Waals surface area contributed by atoms with Crippen LogP contribution >= 0.6 is 0 Å². The molecule has 0 bridgehead atoms.